The van der Waals surface area contributed by atoms with Crippen LogP contribution in [-0.4, -0.2) is 53.1 Å². The summed E-state index contributed by atoms with van der Waals surface area (Å²) in [5.74, 6) is 0.353. The Morgan fingerprint density at radius 1 is 1.21 bits per heavy atom. The molecule has 0 aromatic carbocycles. The first-order chi connectivity index (χ1) is 9.22. The fourth-order valence-electron chi connectivity index (χ4n) is 4.30. The zero-order chi connectivity index (χ0) is 13.4. The van der Waals surface area contributed by atoms with Gasteiger partial charge in [-0.25, -0.2) is 0 Å². The van der Waals surface area contributed by atoms with Gasteiger partial charge in [-0.2, -0.15) is 0 Å². The van der Waals surface area contributed by atoms with Gasteiger partial charge in [-0.3, -0.25) is 15.0 Å². The maximum absolute atomic E-state index is 12.6. The smallest absolute Gasteiger partial charge is 0.241 e. The van der Waals surface area contributed by atoms with Gasteiger partial charge in [0.25, 0.3) is 0 Å². The van der Waals surface area contributed by atoms with Gasteiger partial charge in [0.15, 0.2) is 0 Å². The van der Waals surface area contributed by atoms with Crippen LogP contribution >= 0.6 is 0 Å². The van der Waals surface area contributed by atoms with Crippen LogP contribution in [0, 0.1) is 0 Å². The van der Waals surface area contributed by atoms with E-state index in [2.05, 4.69) is 29.0 Å². The van der Waals surface area contributed by atoms with Crippen molar-refractivity contribution in [1.29, 1.82) is 0 Å². The number of nitrogens with one attached hydrogen (secondary N) is 1. The minimum absolute atomic E-state index is 0.0673. The van der Waals surface area contributed by atoms with Gasteiger partial charge >= 0.3 is 0 Å². The van der Waals surface area contributed by atoms with E-state index in [0.29, 0.717) is 18.0 Å². The van der Waals surface area contributed by atoms with Crippen LogP contribution in [0.2, 0.25) is 0 Å². The number of carbonyl (C=O) groups is 1. The fraction of sp³-hybridized carbons (Fsp3) is 0.933. The van der Waals surface area contributed by atoms with Gasteiger partial charge in [0.05, 0.1) is 18.2 Å². The molecule has 4 nitrogen and oxygen atoms in total. The lowest BCUT2D eigenvalue weighted by atomic mass is 9.97. The van der Waals surface area contributed by atoms with Crippen molar-refractivity contribution in [1.82, 2.24) is 15.1 Å². The lowest BCUT2D eigenvalue weighted by molar-refractivity contribution is -0.132. The van der Waals surface area contributed by atoms with Crippen LogP contribution in [0.3, 0.4) is 0 Å². The van der Waals surface area contributed by atoms with Crippen molar-refractivity contribution in [2.45, 2.75) is 76.7 Å². The molecular weight excluding hydrogens is 238 g/mol. The molecule has 3 saturated heterocycles. The maximum atomic E-state index is 12.6. The maximum Gasteiger partial charge on any atom is 0.241 e. The SMILES string of the molecule is CCCC1NC(C)N(C2CCN3CCCCC23)C1=O. The van der Waals surface area contributed by atoms with Crippen molar-refractivity contribution in [3.8, 4) is 0 Å². The molecular formula is C15H27N3O. The third-order valence-electron chi connectivity index (χ3n) is 5.17. The zero-order valence-electron chi connectivity index (χ0n) is 12.3. The molecule has 3 aliphatic heterocycles. The molecule has 19 heavy (non-hydrogen) atoms. The quantitative estimate of drug-likeness (QED) is 0.841. The Balaban J connectivity index is 1.73. The van der Waals surface area contributed by atoms with E-state index in [-0.39, 0.29) is 12.2 Å². The number of nitrogens with zero attached hydrogens (tertiary/aromatic N) is 2. The molecule has 0 saturated carbocycles. The molecule has 1 N–H and O–H groups in total. The molecule has 0 aromatic rings. The summed E-state index contributed by atoms with van der Waals surface area (Å²) in [7, 11) is 0. The molecule has 0 radical (unpaired) electrons. The van der Waals surface area contributed by atoms with Crippen LogP contribution < -0.4 is 5.32 Å². The van der Waals surface area contributed by atoms with E-state index in [9.17, 15) is 4.79 Å². The summed E-state index contributed by atoms with van der Waals surface area (Å²) in [6.45, 7) is 6.73. The van der Waals surface area contributed by atoms with Crippen molar-refractivity contribution < 1.29 is 4.79 Å². The second-order valence-electron chi connectivity index (χ2n) is 6.38. The van der Waals surface area contributed by atoms with Crippen molar-refractivity contribution in [2.24, 2.45) is 0 Å². The van der Waals surface area contributed by atoms with Crippen molar-refractivity contribution in [3.63, 3.8) is 0 Å². The molecule has 4 unspecified atom stereocenters. The summed E-state index contributed by atoms with van der Waals surface area (Å²) < 4.78 is 0. The standard InChI is InChI=1S/C15H27N3O/c1-3-6-12-15(19)18(11(2)16-12)14-8-10-17-9-5-4-7-13(14)17/h11-14,16H,3-10H2,1-2H3. The Labute approximate surface area is 116 Å². The summed E-state index contributed by atoms with van der Waals surface area (Å²) in [5.41, 5.74) is 0. The minimum Gasteiger partial charge on any atom is -0.321 e. The lowest BCUT2D eigenvalue weighted by Crippen LogP contribution is -2.50. The number of hydrogen-bond donors (Lipinski definition) is 1. The molecule has 0 bridgehead atoms. The third-order valence-corrected chi connectivity index (χ3v) is 5.17. The molecule has 4 atom stereocenters. The van der Waals surface area contributed by atoms with E-state index >= 15 is 0 Å². The van der Waals surface area contributed by atoms with Crippen LogP contribution in [0.25, 0.3) is 0 Å². The van der Waals surface area contributed by atoms with Gasteiger partial charge in [-0.1, -0.05) is 19.8 Å². The fourth-order valence-corrected chi connectivity index (χ4v) is 4.30. The van der Waals surface area contributed by atoms with Crippen molar-refractivity contribution in [3.05, 3.63) is 0 Å². The van der Waals surface area contributed by atoms with Gasteiger partial charge in [0.1, 0.15) is 0 Å². The van der Waals surface area contributed by atoms with Crippen LogP contribution in [-0.2, 0) is 4.79 Å². The second kappa shape index (κ2) is 5.41. The monoisotopic (exact) mass is 265 g/mol. The molecule has 108 valence electrons. The highest BCUT2D eigenvalue weighted by Crippen LogP contribution is 2.33. The highest BCUT2D eigenvalue weighted by Gasteiger charge is 2.46. The van der Waals surface area contributed by atoms with E-state index in [4.69, 9.17) is 0 Å². The Morgan fingerprint density at radius 2 is 2.05 bits per heavy atom. The molecule has 3 fully saturated rings. The topological polar surface area (TPSA) is 35.6 Å². The number of hydrogen-bond acceptors (Lipinski definition) is 3. The number of piperidine rings is 1. The van der Waals surface area contributed by atoms with Crippen molar-refractivity contribution >= 4 is 5.91 Å². The van der Waals surface area contributed by atoms with Gasteiger partial charge in [-0.15, -0.1) is 0 Å². The average Bonchev–Trinajstić information content (AvgIpc) is 2.93. The highest BCUT2D eigenvalue weighted by molar-refractivity contribution is 5.84. The van der Waals surface area contributed by atoms with E-state index in [1.165, 1.54) is 38.8 Å². The second-order valence-corrected chi connectivity index (χ2v) is 6.38. The van der Waals surface area contributed by atoms with E-state index < -0.39 is 0 Å². The lowest BCUT2D eigenvalue weighted by Gasteiger charge is -2.37. The Kier molecular flexibility index (Phi) is 3.81. The molecule has 0 aromatic heterocycles. The van der Waals surface area contributed by atoms with Crippen LogP contribution in [0.5, 0.6) is 0 Å². The molecule has 0 spiro atoms. The van der Waals surface area contributed by atoms with E-state index in [0.717, 1.165) is 12.8 Å². The molecule has 4 heteroatoms. The van der Waals surface area contributed by atoms with Gasteiger partial charge in [0.2, 0.25) is 5.91 Å². The summed E-state index contributed by atoms with van der Waals surface area (Å²) in [4.78, 5) is 17.4. The minimum atomic E-state index is 0.0673. The predicted octanol–water partition coefficient (Wildman–Crippen LogP) is 1.56. The largest absolute Gasteiger partial charge is 0.321 e. The number of carbonyl (C=O) groups excluding carboxylic acids is 1. The van der Waals surface area contributed by atoms with Gasteiger partial charge in [0, 0.05) is 12.6 Å². The zero-order valence-corrected chi connectivity index (χ0v) is 12.3. The Hall–Kier alpha value is -0.610. The number of amides is 1. The van der Waals surface area contributed by atoms with E-state index in [1.807, 2.05) is 0 Å². The molecule has 0 aliphatic carbocycles. The summed E-state index contributed by atoms with van der Waals surface area (Å²) >= 11 is 0. The number of fused-ring (bicyclic) bond motifs is 1. The van der Waals surface area contributed by atoms with Crippen LogP contribution in [0.15, 0.2) is 0 Å². The van der Waals surface area contributed by atoms with Crippen LogP contribution in [0.4, 0.5) is 0 Å². The third kappa shape index (κ3) is 2.29. The highest BCUT2D eigenvalue weighted by atomic mass is 16.2. The number of rotatable bonds is 3. The first kappa shape index (κ1) is 13.4. The molecule has 3 aliphatic rings. The summed E-state index contributed by atoms with van der Waals surface area (Å²) in [6.07, 6.45) is 7.38. The van der Waals surface area contributed by atoms with Gasteiger partial charge in [-0.05, 0) is 39.2 Å². The first-order valence-corrected chi connectivity index (χ1v) is 8.04. The predicted molar refractivity (Wildman–Crippen MR) is 75.8 cm³/mol. The Morgan fingerprint density at radius 3 is 2.84 bits per heavy atom. The van der Waals surface area contributed by atoms with Crippen LogP contribution in [0.1, 0.15) is 52.4 Å². The van der Waals surface area contributed by atoms with E-state index in [1.54, 1.807) is 0 Å². The van der Waals surface area contributed by atoms with Crippen molar-refractivity contribution in [2.75, 3.05) is 13.1 Å². The molecule has 3 heterocycles. The summed E-state index contributed by atoms with van der Waals surface area (Å²) in [5, 5.41) is 3.48. The first-order valence-electron chi connectivity index (χ1n) is 8.04. The molecule has 1 amide bonds. The van der Waals surface area contributed by atoms with Gasteiger partial charge < -0.3 is 4.90 Å². The Bertz CT molecular complexity index is 346. The molecule has 3 rings (SSSR count). The summed E-state index contributed by atoms with van der Waals surface area (Å²) in [6, 6.07) is 1.15. The normalized spacial score (nSPS) is 39.9. The average molecular weight is 265 g/mol.